The molecule has 1 aliphatic heterocycles. The van der Waals surface area contributed by atoms with Crippen LogP contribution in [0, 0.1) is 5.82 Å². The summed E-state index contributed by atoms with van der Waals surface area (Å²) in [5, 5.41) is 0. The molecular formula is C27H24FN3O2S. The molecule has 1 aliphatic rings. The van der Waals surface area contributed by atoms with Crippen LogP contribution in [-0.4, -0.2) is 46.9 Å². The first-order valence-corrected chi connectivity index (χ1v) is 12.0. The van der Waals surface area contributed by atoms with Crippen molar-refractivity contribution < 1.29 is 9.18 Å². The van der Waals surface area contributed by atoms with Crippen LogP contribution in [0.5, 0.6) is 0 Å². The topological polar surface area (TPSA) is 56.4 Å². The van der Waals surface area contributed by atoms with Crippen molar-refractivity contribution in [1.82, 2.24) is 14.8 Å². The molecule has 0 spiro atoms. The SMILES string of the molecule is O=C(c1ccc(-c2ccccc2)[nH]c1=O)N1CCN(Cc2ccc(-c3cccc(F)c3)s2)CC1. The Labute approximate surface area is 201 Å². The smallest absolute Gasteiger partial charge is 0.261 e. The van der Waals surface area contributed by atoms with E-state index in [0.717, 1.165) is 35.6 Å². The molecule has 0 bridgehead atoms. The van der Waals surface area contributed by atoms with Crippen LogP contribution in [0.4, 0.5) is 4.39 Å². The lowest BCUT2D eigenvalue weighted by Gasteiger charge is -2.34. The summed E-state index contributed by atoms with van der Waals surface area (Å²) in [6.07, 6.45) is 0. The first-order valence-electron chi connectivity index (χ1n) is 11.2. The fraction of sp³-hybridized carbons (Fsp3) is 0.185. The number of thiophene rings is 1. The van der Waals surface area contributed by atoms with Gasteiger partial charge in [0.25, 0.3) is 11.5 Å². The monoisotopic (exact) mass is 473 g/mol. The summed E-state index contributed by atoms with van der Waals surface area (Å²) in [5.41, 5.74) is 2.29. The van der Waals surface area contributed by atoms with Gasteiger partial charge in [-0.1, -0.05) is 42.5 Å². The van der Waals surface area contributed by atoms with E-state index in [4.69, 9.17) is 0 Å². The molecule has 3 heterocycles. The lowest BCUT2D eigenvalue weighted by molar-refractivity contribution is 0.0628. The molecule has 1 fully saturated rings. The number of nitrogens with zero attached hydrogens (tertiary/aromatic N) is 2. The minimum absolute atomic E-state index is 0.172. The van der Waals surface area contributed by atoms with E-state index in [1.807, 2.05) is 42.5 Å². The van der Waals surface area contributed by atoms with Gasteiger partial charge in [-0.05, 0) is 47.5 Å². The van der Waals surface area contributed by atoms with Gasteiger partial charge in [0, 0.05) is 48.2 Å². The van der Waals surface area contributed by atoms with Crippen molar-refractivity contribution in [3.8, 4) is 21.7 Å². The van der Waals surface area contributed by atoms with E-state index in [1.54, 1.807) is 40.5 Å². The Morgan fingerprint density at radius 2 is 1.65 bits per heavy atom. The highest BCUT2D eigenvalue weighted by Gasteiger charge is 2.24. The molecule has 7 heteroatoms. The molecule has 1 saturated heterocycles. The predicted molar refractivity (Wildman–Crippen MR) is 133 cm³/mol. The third-order valence-corrected chi connectivity index (χ3v) is 7.15. The summed E-state index contributed by atoms with van der Waals surface area (Å²) >= 11 is 1.66. The average molecular weight is 474 g/mol. The van der Waals surface area contributed by atoms with Crippen LogP contribution in [0.25, 0.3) is 21.7 Å². The van der Waals surface area contributed by atoms with Gasteiger partial charge in [-0.25, -0.2) is 4.39 Å². The summed E-state index contributed by atoms with van der Waals surface area (Å²) in [6.45, 7) is 3.40. The van der Waals surface area contributed by atoms with E-state index in [-0.39, 0.29) is 22.8 Å². The minimum atomic E-state index is -0.364. The molecule has 5 rings (SSSR count). The molecule has 1 amide bonds. The number of halogens is 1. The van der Waals surface area contributed by atoms with Gasteiger partial charge >= 0.3 is 0 Å². The van der Waals surface area contributed by atoms with Crippen molar-refractivity contribution in [1.29, 1.82) is 0 Å². The molecular weight excluding hydrogens is 449 g/mol. The van der Waals surface area contributed by atoms with Crippen molar-refractivity contribution in [3.63, 3.8) is 0 Å². The van der Waals surface area contributed by atoms with Crippen molar-refractivity contribution in [3.05, 3.63) is 105 Å². The molecule has 0 atom stereocenters. The molecule has 2 aromatic carbocycles. The largest absolute Gasteiger partial charge is 0.336 e. The number of carbonyl (C=O) groups excluding carboxylic acids is 1. The second kappa shape index (κ2) is 9.75. The Morgan fingerprint density at radius 1 is 0.882 bits per heavy atom. The Kier molecular flexibility index (Phi) is 6.38. The van der Waals surface area contributed by atoms with Gasteiger partial charge in [0.15, 0.2) is 0 Å². The second-order valence-electron chi connectivity index (χ2n) is 8.33. The van der Waals surface area contributed by atoms with E-state index < -0.39 is 0 Å². The number of carbonyl (C=O) groups is 1. The van der Waals surface area contributed by atoms with Crippen LogP contribution in [0.15, 0.2) is 83.7 Å². The van der Waals surface area contributed by atoms with Crippen LogP contribution >= 0.6 is 11.3 Å². The number of nitrogens with one attached hydrogen (secondary N) is 1. The van der Waals surface area contributed by atoms with Crippen molar-refractivity contribution in [2.24, 2.45) is 0 Å². The summed E-state index contributed by atoms with van der Waals surface area (Å²) in [4.78, 5) is 34.7. The molecule has 2 aromatic heterocycles. The fourth-order valence-corrected chi connectivity index (χ4v) is 5.23. The highest BCUT2D eigenvalue weighted by Crippen LogP contribution is 2.29. The second-order valence-corrected chi connectivity index (χ2v) is 9.49. The zero-order valence-corrected chi connectivity index (χ0v) is 19.4. The molecule has 0 unspecified atom stereocenters. The molecule has 34 heavy (non-hydrogen) atoms. The van der Waals surface area contributed by atoms with Crippen LogP contribution in [0.1, 0.15) is 15.2 Å². The van der Waals surface area contributed by atoms with Gasteiger partial charge in [0.05, 0.1) is 0 Å². The molecule has 0 saturated carbocycles. The standard InChI is InChI=1S/C27H24FN3O2S/c28-21-8-4-7-20(17-21)25-12-9-22(34-25)18-30-13-15-31(16-14-30)27(33)23-10-11-24(29-26(23)32)19-5-2-1-3-6-19/h1-12,17H,13-16,18H2,(H,29,32). The zero-order valence-electron chi connectivity index (χ0n) is 18.5. The Balaban J connectivity index is 1.19. The molecule has 0 aliphatic carbocycles. The Morgan fingerprint density at radius 3 is 2.38 bits per heavy atom. The van der Waals surface area contributed by atoms with Crippen LogP contribution < -0.4 is 5.56 Å². The fourth-order valence-electron chi connectivity index (χ4n) is 4.19. The third-order valence-electron chi connectivity index (χ3n) is 6.03. The predicted octanol–water partition coefficient (Wildman–Crippen LogP) is 4.87. The Bertz CT molecular complexity index is 1360. The van der Waals surface area contributed by atoms with Gasteiger partial charge < -0.3 is 9.88 Å². The number of rotatable bonds is 5. The zero-order chi connectivity index (χ0) is 23.5. The third kappa shape index (κ3) is 4.85. The maximum absolute atomic E-state index is 13.5. The van der Waals surface area contributed by atoms with Crippen molar-refractivity contribution in [2.75, 3.05) is 26.2 Å². The number of hydrogen-bond acceptors (Lipinski definition) is 4. The normalized spacial score (nSPS) is 14.3. The first-order chi connectivity index (χ1) is 16.6. The summed E-state index contributed by atoms with van der Waals surface area (Å²) in [6, 6.07) is 23.7. The number of hydrogen-bond donors (Lipinski definition) is 1. The number of H-pyrrole nitrogens is 1. The summed E-state index contributed by atoms with van der Waals surface area (Å²) in [7, 11) is 0. The van der Waals surface area contributed by atoms with Gasteiger partial charge in [-0.15, -0.1) is 11.3 Å². The van der Waals surface area contributed by atoms with Gasteiger partial charge in [-0.3, -0.25) is 14.5 Å². The van der Waals surface area contributed by atoms with Gasteiger partial charge in [0.2, 0.25) is 0 Å². The van der Waals surface area contributed by atoms with Crippen molar-refractivity contribution >= 4 is 17.2 Å². The number of pyridine rings is 1. The molecule has 1 N–H and O–H groups in total. The summed E-state index contributed by atoms with van der Waals surface area (Å²) in [5.74, 6) is -0.466. The number of piperazine rings is 1. The van der Waals surface area contributed by atoms with E-state index in [1.165, 1.54) is 10.9 Å². The van der Waals surface area contributed by atoms with Gasteiger partial charge in [0.1, 0.15) is 11.4 Å². The number of benzene rings is 2. The minimum Gasteiger partial charge on any atom is -0.336 e. The molecule has 0 radical (unpaired) electrons. The lowest BCUT2D eigenvalue weighted by atomic mass is 10.1. The van der Waals surface area contributed by atoms with Crippen molar-refractivity contribution in [2.45, 2.75) is 6.54 Å². The highest BCUT2D eigenvalue weighted by molar-refractivity contribution is 7.15. The molecule has 5 nitrogen and oxygen atoms in total. The Hall–Kier alpha value is -3.55. The van der Waals surface area contributed by atoms with Crippen LogP contribution in [0.3, 0.4) is 0 Å². The van der Waals surface area contributed by atoms with Crippen LogP contribution in [0.2, 0.25) is 0 Å². The average Bonchev–Trinajstić information content (AvgIpc) is 3.33. The van der Waals surface area contributed by atoms with Gasteiger partial charge in [-0.2, -0.15) is 0 Å². The van der Waals surface area contributed by atoms with Crippen LogP contribution in [-0.2, 0) is 6.54 Å². The number of aromatic nitrogens is 1. The first kappa shape index (κ1) is 22.3. The number of aromatic amines is 1. The maximum Gasteiger partial charge on any atom is 0.261 e. The van der Waals surface area contributed by atoms with E-state index in [9.17, 15) is 14.0 Å². The number of amides is 1. The van der Waals surface area contributed by atoms with E-state index in [2.05, 4.69) is 16.0 Å². The highest BCUT2D eigenvalue weighted by atomic mass is 32.1. The lowest BCUT2D eigenvalue weighted by Crippen LogP contribution is -2.49. The maximum atomic E-state index is 13.5. The summed E-state index contributed by atoms with van der Waals surface area (Å²) < 4.78 is 13.5. The molecule has 4 aromatic rings. The molecule has 172 valence electrons. The quantitative estimate of drug-likeness (QED) is 0.450. The van der Waals surface area contributed by atoms with E-state index in [0.29, 0.717) is 18.8 Å². The van der Waals surface area contributed by atoms with E-state index >= 15 is 0 Å².